The van der Waals surface area contributed by atoms with E-state index in [4.69, 9.17) is 0 Å². The molecule has 1 amide bonds. The van der Waals surface area contributed by atoms with Gasteiger partial charge in [0.25, 0.3) is 0 Å². The summed E-state index contributed by atoms with van der Waals surface area (Å²) in [6, 6.07) is 9.67. The molecule has 1 aliphatic heterocycles. The lowest BCUT2D eigenvalue weighted by Gasteiger charge is -2.26. The Morgan fingerprint density at radius 3 is 2.76 bits per heavy atom. The lowest BCUT2D eigenvalue weighted by molar-refractivity contribution is -0.119. The summed E-state index contributed by atoms with van der Waals surface area (Å²) in [5.41, 5.74) is -0.0304. The van der Waals surface area contributed by atoms with Crippen molar-refractivity contribution in [3.8, 4) is 0 Å². The second-order valence-corrected chi connectivity index (χ2v) is 4.73. The first kappa shape index (κ1) is 12.1. The molecular formula is C13H18N2O2. The highest BCUT2D eigenvalue weighted by Crippen LogP contribution is 2.19. The third-order valence-corrected chi connectivity index (χ3v) is 3.11. The largest absolute Gasteiger partial charge is 0.384 e. The normalized spacial score (nSPS) is 23.2. The predicted molar refractivity (Wildman–Crippen MR) is 65.4 cm³/mol. The van der Waals surface area contributed by atoms with E-state index in [0.717, 1.165) is 5.56 Å². The van der Waals surface area contributed by atoms with E-state index in [0.29, 0.717) is 19.5 Å². The topological polar surface area (TPSA) is 61.4 Å². The van der Waals surface area contributed by atoms with Gasteiger partial charge in [-0.15, -0.1) is 0 Å². The number of carbonyl (C=O) groups excluding carboxylic acids is 1. The second kappa shape index (κ2) is 4.85. The smallest absolute Gasteiger partial charge is 0.221 e. The fourth-order valence-corrected chi connectivity index (χ4v) is 1.99. The van der Waals surface area contributed by atoms with Gasteiger partial charge in [-0.25, -0.2) is 0 Å². The van der Waals surface area contributed by atoms with Gasteiger partial charge >= 0.3 is 0 Å². The molecule has 0 aliphatic carbocycles. The highest BCUT2D eigenvalue weighted by atomic mass is 16.3. The quantitative estimate of drug-likeness (QED) is 0.705. The van der Waals surface area contributed by atoms with Crippen LogP contribution in [0, 0.1) is 0 Å². The van der Waals surface area contributed by atoms with E-state index in [1.807, 2.05) is 30.3 Å². The van der Waals surface area contributed by atoms with Crippen LogP contribution in [0.4, 0.5) is 0 Å². The number of benzene rings is 1. The van der Waals surface area contributed by atoms with E-state index < -0.39 is 5.60 Å². The van der Waals surface area contributed by atoms with Gasteiger partial charge in [0, 0.05) is 25.6 Å². The highest BCUT2D eigenvalue weighted by Gasteiger charge is 2.26. The lowest BCUT2D eigenvalue weighted by atomic mass is 9.96. The van der Waals surface area contributed by atoms with Gasteiger partial charge in [0.15, 0.2) is 0 Å². The lowest BCUT2D eigenvalue weighted by Crippen LogP contribution is -2.41. The first-order chi connectivity index (χ1) is 8.08. The van der Waals surface area contributed by atoms with Crippen molar-refractivity contribution in [1.82, 2.24) is 10.6 Å². The van der Waals surface area contributed by atoms with Crippen molar-refractivity contribution >= 4 is 5.91 Å². The van der Waals surface area contributed by atoms with E-state index in [-0.39, 0.29) is 11.9 Å². The molecule has 1 aromatic carbocycles. The van der Waals surface area contributed by atoms with Crippen LogP contribution in [-0.4, -0.2) is 30.1 Å². The predicted octanol–water partition coefficient (Wildman–Crippen LogP) is 0.372. The van der Waals surface area contributed by atoms with Gasteiger partial charge < -0.3 is 15.7 Å². The molecule has 0 aromatic heterocycles. The Labute approximate surface area is 101 Å². The van der Waals surface area contributed by atoms with Crippen LogP contribution in [-0.2, 0) is 10.4 Å². The number of aliphatic hydroxyl groups is 1. The van der Waals surface area contributed by atoms with Crippen LogP contribution in [0.1, 0.15) is 18.9 Å². The standard InChI is InChI=1S/C13H18N2O2/c1-13(17,10-5-3-2-4-6-10)9-15-11-7-12(16)14-8-11/h2-6,11,15,17H,7-9H2,1H3,(H,14,16). The third kappa shape index (κ3) is 3.05. The first-order valence-electron chi connectivity index (χ1n) is 5.86. The van der Waals surface area contributed by atoms with Crippen molar-refractivity contribution in [3.63, 3.8) is 0 Å². The Hall–Kier alpha value is -1.39. The molecule has 92 valence electrons. The molecule has 4 heteroatoms. The average Bonchev–Trinajstić information content (AvgIpc) is 2.74. The van der Waals surface area contributed by atoms with Crippen molar-refractivity contribution < 1.29 is 9.90 Å². The summed E-state index contributed by atoms with van der Waals surface area (Å²) < 4.78 is 0. The van der Waals surface area contributed by atoms with Crippen molar-refractivity contribution in [2.24, 2.45) is 0 Å². The van der Waals surface area contributed by atoms with E-state index in [1.165, 1.54) is 0 Å². The molecule has 17 heavy (non-hydrogen) atoms. The Balaban J connectivity index is 1.91. The van der Waals surface area contributed by atoms with Gasteiger partial charge in [-0.05, 0) is 12.5 Å². The minimum Gasteiger partial charge on any atom is -0.384 e. The molecule has 4 nitrogen and oxygen atoms in total. The summed E-state index contributed by atoms with van der Waals surface area (Å²) in [6.07, 6.45) is 0.491. The number of amides is 1. The summed E-state index contributed by atoms with van der Waals surface area (Å²) in [6.45, 7) is 2.86. The van der Waals surface area contributed by atoms with Crippen LogP contribution in [0.25, 0.3) is 0 Å². The molecule has 0 saturated carbocycles. The van der Waals surface area contributed by atoms with Crippen molar-refractivity contribution in [2.75, 3.05) is 13.1 Å². The third-order valence-electron chi connectivity index (χ3n) is 3.11. The zero-order valence-electron chi connectivity index (χ0n) is 9.94. The number of hydrogen-bond acceptors (Lipinski definition) is 3. The monoisotopic (exact) mass is 234 g/mol. The van der Waals surface area contributed by atoms with Gasteiger partial charge in [-0.2, -0.15) is 0 Å². The second-order valence-electron chi connectivity index (χ2n) is 4.73. The highest BCUT2D eigenvalue weighted by molar-refractivity contribution is 5.78. The number of hydrogen-bond donors (Lipinski definition) is 3. The van der Waals surface area contributed by atoms with Crippen molar-refractivity contribution in [1.29, 1.82) is 0 Å². The molecule has 1 aliphatic rings. The molecule has 1 fully saturated rings. The summed E-state index contributed by atoms with van der Waals surface area (Å²) in [5.74, 6) is 0.0712. The number of rotatable bonds is 4. The van der Waals surface area contributed by atoms with Gasteiger partial charge in [0.05, 0.1) is 5.60 Å². The fourth-order valence-electron chi connectivity index (χ4n) is 1.99. The Morgan fingerprint density at radius 2 is 2.18 bits per heavy atom. The Bertz CT molecular complexity index is 390. The SMILES string of the molecule is CC(O)(CNC1CNC(=O)C1)c1ccccc1. The summed E-state index contributed by atoms with van der Waals surface area (Å²) >= 11 is 0. The molecule has 1 saturated heterocycles. The van der Waals surface area contributed by atoms with Gasteiger partial charge in [0.1, 0.15) is 0 Å². The molecule has 1 heterocycles. The number of nitrogens with one attached hydrogen (secondary N) is 2. The molecule has 0 radical (unpaired) electrons. The molecule has 1 aromatic rings. The first-order valence-corrected chi connectivity index (χ1v) is 5.86. The van der Waals surface area contributed by atoms with Crippen LogP contribution < -0.4 is 10.6 Å². The maximum absolute atomic E-state index is 11.0. The Morgan fingerprint density at radius 1 is 1.47 bits per heavy atom. The summed E-state index contributed by atoms with van der Waals surface area (Å²) in [5, 5.41) is 16.3. The molecule has 2 atom stereocenters. The minimum atomic E-state index is -0.910. The molecular weight excluding hydrogens is 216 g/mol. The number of carbonyl (C=O) groups is 1. The van der Waals surface area contributed by atoms with Crippen LogP contribution in [0.2, 0.25) is 0 Å². The van der Waals surface area contributed by atoms with E-state index in [1.54, 1.807) is 6.92 Å². The minimum absolute atomic E-state index is 0.0712. The zero-order valence-corrected chi connectivity index (χ0v) is 9.94. The molecule has 2 rings (SSSR count). The zero-order chi connectivity index (χ0) is 12.3. The molecule has 2 unspecified atom stereocenters. The van der Waals surface area contributed by atoms with Crippen molar-refractivity contribution in [2.45, 2.75) is 25.0 Å². The maximum Gasteiger partial charge on any atom is 0.221 e. The van der Waals surface area contributed by atoms with Crippen LogP contribution >= 0.6 is 0 Å². The molecule has 0 spiro atoms. The van der Waals surface area contributed by atoms with Gasteiger partial charge in [0.2, 0.25) is 5.91 Å². The average molecular weight is 234 g/mol. The van der Waals surface area contributed by atoms with Crippen LogP contribution in [0.15, 0.2) is 30.3 Å². The summed E-state index contributed by atoms with van der Waals surface area (Å²) in [4.78, 5) is 11.0. The molecule has 3 N–H and O–H groups in total. The fraction of sp³-hybridized carbons (Fsp3) is 0.462. The maximum atomic E-state index is 11.0. The summed E-state index contributed by atoms with van der Waals surface area (Å²) in [7, 11) is 0. The van der Waals surface area contributed by atoms with Crippen molar-refractivity contribution in [3.05, 3.63) is 35.9 Å². The van der Waals surface area contributed by atoms with Gasteiger partial charge in [-0.3, -0.25) is 4.79 Å². The molecule has 0 bridgehead atoms. The van der Waals surface area contributed by atoms with E-state index in [9.17, 15) is 9.90 Å². The van der Waals surface area contributed by atoms with Crippen LogP contribution in [0.5, 0.6) is 0 Å². The van der Waals surface area contributed by atoms with Gasteiger partial charge in [-0.1, -0.05) is 30.3 Å². The van der Waals surface area contributed by atoms with E-state index >= 15 is 0 Å². The Kier molecular flexibility index (Phi) is 3.45. The van der Waals surface area contributed by atoms with Crippen LogP contribution in [0.3, 0.4) is 0 Å². The van der Waals surface area contributed by atoms with E-state index in [2.05, 4.69) is 10.6 Å².